The number of fused-ring (bicyclic) bond motifs is 2. The first kappa shape index (κ1) is 35.8. The molecule has 0 spiro atoms. The van der Waals surface area contributed by atoms with Crippen LogP contribution in [0.15, 0.2) is 23.8 Å². The lowest BCUT2D eigenvalue weighted by Crippen LogP contribution is -2.70. The molecule has 0 radical (unpaired) electrons. The fourth-order valence-corrected chi connectivity index (χ4v) is 7.98. The van der Waals surface area contributed by atoms with E-state index in [1.165, 1.54) is 12.1 Å². The fourth-order valence-electron chi connectivity index (χ4n) is 7.98. The summed E-state index contributed by atoms with van der Waals surface area (Å²) in [5.41, 5.74) is -3.89. The molecule has 246 valence electrons. The molecule has 44 heavy (non-hydrogen) atoms. The Hall–Kier alpha value is -2.63. The molecular formula is C38H58O6. The van der Waals surface area contributed by atoms with Gasteiger partial charge in [-0.3, -0.25) is 14.4 Å². The Morgan fingerprint density at radius 1 is 0.818 bits per heavy atom. The minimum absolute atomic E-state index is 0.0259. The third-order valence-electron chi connectivity index (χ3n) is 11.2. The van der Waals surface area contributed by atoms with E-state index in [9.17, 15) is 24.9 Å². The van der Waals surface area contributed by atoms with E-state index in [1.807, 2.05) is 13.8 Å². The van der Waals surface area contributed by atoms with Crippen LogP contribution in [0.25, 0.3) is 5.76 Å². The van der Waals surface area contributed by atoms with Crippen molar-refractivity contribution in [1.82, 2.24) is 0 Å². The summed E-state index contributed by atoms with van der Waals surface area (Å²) in [5, 5.41) is 31.9. The van der Waals surface area contributed by atoms with E-state index in [4.69, 9.17) is 0 Å². The van der Waals surface area contributed by atoms with Gasteiger partial charge in [0.05, 0.1) is 10.8 Å². The molecule has 0 aromatic heterocycles. The van der Waals surface area contributed by atoms with Gasteiger partial charge in [0.15, 0.2) is 28.8 Å². The zero-order valence-corrected chi connectivity index (χ0v) is 28.9. The largest absolute Gasteiger partial charge is 0.506 e. The van der Waals surface area contributed by atoms with E-state index in [1.54, 1.807) is 0 Å². The van der Waals surface area contributed by atoms with E-state index in [0.717, 1.165) is 31.7 Å². The van der Waals surface area contributed by atoms with Gasteiger partial charge in [-0.1, -0.05) is 82.1 Å². The number of rotatable bonds is 13. The van der Waals surface area contributed by atoms with Crippen LogP contribution in [0, 0.1) is 51.8 Å². The van der Waals surface area contributed by atoms with Gasteiger partial charge in [-0.15, -0.1) is 0 Å². The first-order valence-electron chi connectivity index (χ1n) is 16.9. The zero-order chi connectivity index (χ0) is 33.4. The Balaban J connectivity index is 2.39. The Labute approximate surface area is 265 Å². The molecular weight excluding hydrogens is 552 g/mol. The SMILES string of the molecule is CC(C)CC[C@H](C[C@]12C[C@H](CCC(C)C)C(C)(C)[C@](CCC(C)C)(C(=O)/C(=C(/O)c3ccc(O)c(O)c3)C1=O)C2=O)C(C)C. The normalized spacial score (nSPS) is 27.1. The lowest BCUT2D eigenvalue weighted by atomic mass is 9.38. The first-order valence-corrected chi connectivity index (χ1v) is 16.9. The third kappa shape index (κ3) is 6.37. The van der Waals surface area contributed by atoms with Crippen molar-refractivity contribution in [3.8, 4) is 11.5 Å². The summed E-state index contributed by atoms with van der Waals surface area (Å²) in [6, 6.07) is 3.77. The Morgan fingerprint density at radius 2 is 1.41 bits per heavy atom. The number of aromatic hydroxyl groups is 2. The summed E-state index contributed by atoms with van der Waals surface area (Å²) in [6.07, 6.45) is 5.28. The molecule has 0 aliphatic heterocycles. The van der Waals surface area contributed by atoms with E-state index in [2.05, 4.69) is 55.4 Å². The maximum absolute atomic E-state index is 15.3. The maximum Gasteiger partial charge on any atom is 0.184 e. The van der Waals surface area contributed by atoms with Crippen molar-refractivity contribution in [1.29, 1.82) is 0 Å². The molecule has 2 fully saturated rings. The highest BCUT2D eigenvalue weighted by Gasteiger charge is 2.74. The quantitative estimate of drug-likeness (QED) is 0.0675. The maximum atomic E-state index is 15.3. The lowest BCUT2D eigenvalue weighted by molar-refractivity contribution is -0.180. The highest BCUT2D eigenvalue weighted by molar-refractivity contribution is 6.41. The van der Waals surface area contributed by atoms with Gasteiger partial charge in [-0.25, -0.2) is 0 Å². The predicted octanol–water partition coefficient (Wildman–Crippen LogP) is 9.08. The van der Waals surface area contributed by atoms with Crippen LogP contribution in [0.1, 0.15) is 126 Å². The molecule has 0 unspecified atom stereocenters. The van der Waals surface area contributed by atoms with Gasteiger partial charge in [0.25, 0.3) is 0 Å². The average Bonchev–Trinajstić information content (AvgIpc) is 2.91. The molecule has 0 amide bonds. The number of aliphatic hydroxyl groups is 1. The number of carbonyl (C=O) groups excluding carboxylic acids is 3. The van der Waals surface area contributed by atoms with E-state index in [0.29, 0.717) is 37.5 Å². The highest BCUT2D eigenvalue weighted by atomic mass is 16.3. The molecule has 0 heterocycles. The van der Waals surface area contributed by atoms with Crippen LogP contribution in [-0.4, -0.2) is 32.7 Å². The van der Waals surface area contributed by atoms with Crippen molar-refractivity contribution in [2.24, 2.45) is 51.8 Å². The smallest absolute Gasteiger partial charge is 0.184 e. The Morgan fingerprint density at radius 3 is 1.93 bits per heavy atom. The Kier molecular flexibility index (Phi) is 10.9. The monoisotopic (exact) mass is 610 g/mol. The van der Waals surface area contributed by atoms with Gasteiger partial charge in [-0.05, 0) is 97.6 Å². The summed E-state index contributed by atoms with van der Waals surface area (Å²) < 4.78 is 0. The molecule has 2 saturated carbocycles. The lowest BCUT2D eigenvalue weighted by Gasteiger charge is -2.61. The minimum atomic E-state index is -1.47. The van der Waals surface area contributed by atoms with Crippen molar-refractivity contribution in [2.45, 2.75) is 121 Å². The van der Waals surface area contributed by atoms with Crippen LogP contribution in [0.3, 0.4) is 0 Å². The molecule has 3 rings (SSSR count). The van der Waals surface area contributed by atoms with Crippen LogP contribution in [0.5, 0.6) is 11.5 Å². The molecule has 2 bridgehead atoms. The van der Waals surface area contributed by atoms with Crippen LogP contribution >= 0.6 is 0 Å². The van der Waals surface area contributed by atoms with E-state index < -0.39 is 39.3 Å². The minimum Gasteiger partial charge on any atom is -0.506 e. The van der Waals surface area contributed by atoms with E-state index >= 15 is 4.79 Å². The number of carbonyl (C=O) groups is 3. The van der Waals surface area contributed by atoms with Crippen LogP contribution in [0.2, 0.25) is 0 Å². The van der Waals surface area contributed by atoms with Gasteiger partial charge in [0, 0.05) is 5.56 Å². The number of Topliss-reactive ketones (excluding diaryl/α,β-unsaturated/α-hetero) is 3. The number of benzene rings is 1. The topological polar surface area (TPSA) is 112 Å². The summed E-state index contributed by atoms with van der Waals surface area (Å²) in [4.78, 5) is 45.2. The van der Waals surface area contributed by atoms with Gasteiger partial charge in [0.2, 0.25) is 0 Å². The molecule has 6 heteroatoms. The van der Waals surface area contributed by atoms with Crippen molar-refractivity contribution < 1.29 is 29.7 Å². The van der Waals surface area contributed by atoms with Gasteiger partial charge in [0.1, 0.15) is 11.3 Å². The van der Waals surface area contributed by atoms with Crippen molar-refractivity contribution in [3.63, 3.8) is 0 Å². The van der Waals surface area contributed by atoms with Crippen molar-refractivity contribution >= 4 is 23.1 Å². The summed E-state index contributed by atoms with van der Waals surface area (Å²) >= 11 is 0. The molecule has 4 atom stereocenters. The number of hydrogen-bond acceptors (Lipinski definition) is 6. The molecule has 2 aliphatic rings. The molecule has 1 aromatic carbocycles. The number of hydrogen-bond donors (Lipinski definition) is 3. The van der Waals surface area contributed by atoms with Crippen LogP contribution in [0.4, 0.5) is 0 Å². The number of phenolic OH excluding ortho intramolecular Hbond substituents is 2. The summed E-state index contributed by atoms with van der Waals surface area (Å²) in [6.45, 7) is 21.2. The number of ketones is 3. The molecule has 2 aliphatic carbocycles. The number of aliphatic hydroxyl groups excluding tert-OH is 1. The first-order chi connectivity index (χ1) is 20.3. The second kappa shape index (κ2) is 13.4. The average molecular weight is 611 g/mol. The second-order valence-electron chi connectivity index (χ2n) is 16.1. The molecule has 1 aromatic rings. The number of phenols is 2. The van der Waals surface area contributed by atoms with Gasteiger partial charge < -0.3 is 15.3 Å². The predicted molar refractivity (Wildman–Crippen MR) is 176 cm³/mol. The van der Waals surface area contributed by atoms with Gasteiger partial charge in [-0.2, -0.15) is 0 Å². The molecule has 6 nitrogen and oxygen atoms in total. The van der Waals surface area contributed by atoms with Gasteiger partial charge >= 0.3 is 0 Å². The summed E-state index contributed by atoms with van der Waals surface area (Å²) in [5.74, 6) is -1.33. The highest BCUT2D eigenvalue weighted by Crippen LogP contribution is 2.66. The van der Waals surface area contributed by atoms with Crippen LogP contribution in [-0.2, 0) is 14.4 Å². The Bertz CT molecular complexity index is 1260. The molecule has 0 saturated heterocycles. The summed E-state index contributed by atoms with van der Waals surface area (Å²) in [7, 11) is 0. The standard InChI is InChI=1S/C38H58O6/c1-22(2)11-13-27(25(7)8)20-37-21-28(15-12-23(3)4)36(9,10)38(35(37)44,18-17-24(5)6)34(43)31(33(37)42)32(41)26-14-16-29(39)30(40)19-26/h14,16,19,22-25,27-28,39-41H,11-13,15,17-18,20-21H2,1-10H3/b32-31+/t27-,28+,37+,38-/m1/s1. The molecule has 3 N–H and O–H groups in total. The van der Waals surface area contributed by atoms with Crippen LogP contribution < -0.4 is 0 Å². The zero-order valence-electron chi connectivity index (χ0n) is 28.9. The third-order valence-corrected chi connectivity index (χ3v) is 11.2. The van der Waals surface area contributed by atoms with E-state index in [-0.39, 0.29) is 46.3 Å². The van der Waals surface area contributed by atoms with Crippen molar-refractivity contribution in [2.75, 3.05) is 0 Å². The van der Waals surface area contributed by atoms with Crippen molar-refractivity contribution in [3.05, 3.63) is 29.3 Å². The fraction of sp³-hybridized carbons (Fsp3) is 0.711. The number of allylic oxidation sites excluding steroid dienone is 1. The second-order valence-corrected chi connectivity index (χ2v) is 16.1.